The third-order valence-corrected chi connectivity index (χ3v) is 6.73. The highest BCUT2D eigenvalue weighted by Crippen LogP contribution is 2.30. The van der Waals surface area contributed by atoms with Crippen LogP contribution in [0.15, 0.2) is 36.5 Å². The summed E-state index contributed by atoms with van der Waals surface area (Å²) in [5, 5.41) is 3.46. The van der Waals surface area contributed by atoms with E-state index in [0.717, 1.165) is 63.2 Å². The Morgan fingerprint density at radius 1 is 1.16 bits per heavy atom. The molecule has 0 aliphatic carbocycles. The van der Waals surface area contributed by atoms with Crippen LogP contribution < -0.4 is 10.2 Å². The highest BCUT2D eigenvalue weighted by molar-refractivity contribution is 6.31. The lowest BCUT2D eigenvalue weighted by Gasteiger charge is -2.42. The summed E-state index contributed by atoms with van der Waals surface area (Å²) < 4.78 is 5.51. The van der Waals surface area contributed by atoms with Crippen LogP contribution in [0.1, 0.15) is 41.6 Å². The molecule has 0 spiro atoms. The van der Waals surface area contributed by atoms with E-state index in [1.54, 1.807) is 12.3 Å². The van der Waals surface area contributed by atoms with E-state index in [1.165, 1.54) is 0 Å². The predicted octanol–water partition coefficient (Wildman–Crippen LogP) is 4.38. The highest BCUT2D eigenvalue weighted by Gasteiger charge is 2.29. The molecule has 4 rings (SSSR count). The highest BCUT2D eigenvalue weighted by atomic mass is 35.5. The lowest BCUT2D eigenvalue weighted by atomic mass is 9.98. The predicted molar refractivity (Wildman–Crippen MR) is 125 cm³/mol. The number of ether oxygens (including phenoxy) is 1. The molecule has 2 aliphatic rings. The summed E-state index contributed by atoms with van der Waals surface area (Å²) in [4.78, 5) is 22.2. The molecule has 1 N–H and O–H groups in total. The standard InChI is InChI=1S/C24H31ClN4O2/c1-17-3-6-23(26-16-17)27-24(30)21-15-18(25)4-5-22(21)28(2)19-7-11-29(12-8-19)20-9-13-31-14-10-20/h3-6,15-16,19-20H,7-14H2,1-2H3,(H,26,27,30). The fraction of sp³-hybridized carbons (Fsp3) is 0.500. The van der Waals surface area contributed by atoms with Gasteiger partial charge in [-0.25, -0.2) is 4.98 Å². The zero-order chi connectivity index (χ0) is 21.8. The molecule has 6 nitrogen and oxygen atoms in total. The van der Waals surface area contributed by atoms with Gasteiger partial charge in [-0.05, 0) is 62.4 Å². The number of piperidine rings is 1. The summed E-state index contributed by atoms with van der Waals surface area (Å²) in [5.41, 5.74) is 2.52. The Labute approximate surface area is 189 Å². The van der Waals surface area contributed by atoms with Crippen molar-refractivity contribution in [2.75, 3.05) is 43.6 Å². The number of carbonyl (C=O) groups is 1. The third kappa shape index (κ3) is 5.37. The molecule has 31 heavy (non-hydrogen) atoms. The van der Waals surface area contributed by atoms with E-state index in [4.69, 9.17) is 16.3 Å². The minimum Gasteiger partial charge on any atom is -0.381 e. The van der Waals surface area contributed by atoms with Crippen molar-refractivity contribution < 1.29 is 9.53 Å². The van der Waals surface area contributed by atoms with Crippen molar-refractivity contribution in [3.63, 3.8) is 0 Å². The molecule has 0 bridgehead atoms. The molecule has 1 aromatic heterocycles. The first-order valence-corrected chi connectivity index (χ1v) is 11.5. The van der Waals surface area contributed by atoms with E-state index in [-0.39, 0.29) is 5.91 Å². The number of amides is 1. The Bertz CT molecular complexity index is 891. The molecule has 0 saturated carbocycles. The van der Waals surface area contributed by atoms with Gasteiger partial charge in [0.2, 0.25) is 0 Å². The van der Waals surface area contributed by atoms with Gasteiger partial charge >= 0.3 is 0 Å². The zero-order valence-corrected chi connectivity index (χ0v) is 19.1. The second-order valence-corrected chi connectivity index (χ2v) is 8.99. The van der Waals surface area contributed by atoms with Gasteiger partial charge in [0, 0.05) is 62.3 Å². The summed E-state index contributed by atoms with van der Waals surface area (Å²) in [5.74, 6) is 0.342. The summed E-state index contributed by atoms with van der Waals surface area (Å²) in [6, 6.07) is 10.3. The van der Waals surface area contributed by atoms with Crippen molar-refractivity contribution in [3.05, 3.63) is 52.7 Å². The van der Waals surface area contributed by atoms with Crippen molar-refractivity contribution in [3.8, 4) is 0 Å². The van der Waals surface area contributed by atoms with E-state index in [0.29, 0.717) is 28.5 Å². The fourth-order valence-corrected chi connectivity index (χ4v) is 4.78. The minimum atomic E-state index is -0.194. The molecule has 0 radical (unpaired) electrons. The zero-order valence-electron chi connectivity index (χ0n) is 18.3. The first kappa shape index (κ1) is 22.1. The van der Waals surface area contributed by atoms with Crippen molar-refractivity contribution in [1.82, 2.24) is 9.88 Å². The van der Waals surface area contributed by atoms with Crippen LogP contribution in [0.3, 0.4) is 0 Å². The number of rotatable bonds is 5. The molecule has 7 heteroatoms. The molecule has 1 amide bonds. The molecule has 0 atom stereocenters. The Balaban J connectivity index is 1.45. The average Bonchev–Trinajstić information content (AvgIpc) is 2.81. The first-order chi connectivity index (χ1) is 15.0. The molecule has 2 aromatic rings. The van der Waals surface area contributed by atoms with Crippen LogP contribution in [0.4, 0.5) is 11.5 Å². The van der Waals surface area contributed by atoms with Crippen molar-refractivity contribution in [2.24, 2.45) is 0 Å². The van der Waals surface area contributed by atoms with Crippen molar-refractivity contribution in [1.29, 1.82) is 0 Å². The van der Waals surface area contributed by atoms with Gasteiger partial charge in [0.25, 0.3) is 5.91 Å². The smallest absolute Gasteiger partial charge is 0.258 e. The van der Waals surface area contributed by atoms with Crippen LogP contribution in [-0.2, 0) is 4.74 Å². The Hall–Kier alpha value is -2.15. The van der Waals surface area contributed by atoms with E-state index >= 15 is 0 Å². The van der Waals surface area contributed by atoms with Crippen LogP contribution in [0.25, 0.3) is 0 Å². The van der Waals surface area contributed by atoms with E-state index in [2.05, 4.69) is 27.1 Å². The number of hydrogen-bond acceptors (Lipinski definition) is 5. The van der Waals surface area contributed by atoms with Crippen LogP contribution in [0.2, 0.25) is 5.02 Å². The van der Waals surface area contributed by atoms with Gasteiger partial charge in [-0.2, -0.15) is 0 Å². The molecule has 3 heterocycles. The number of aromatic nitrogens is 1. The SMILES string of the molecule is Cc1ccc(NC(=O)c2cc(Cl)ccc2N(C)C2CCN(C3CCOCC3)CC2)nc1. The quantitative estimate of drug-likeness (QED) is 0.744. The van der Waals surface area contributed by atoms with Gasteiger partial charge in [0.1, 0.15) is 5.82 Å². The average molecular weight is 443 g/mol. The number of benzene rings is 1. The Morgan fingerprint density at radius 2 is 1.90 bits per heavy atom. The topological polar surface area (TPSA) is 57.7 Å². The van der Waals surface area contributed by atoms with Gasteiger partial charge in [0.15, 0.2) is 0 Å². The number of hydrogen-bond donors (Lipinski definition) is 1. The number of carbonyl (C=O) groups excluding carboxylic acids is 1. The van der Waals surface area contributed by atoms with Gasteiger partial charge < -0.3 is 19.9 Å². The van der Waals surface area contributed by atoms with Crippen LogP contribution >= 0.6 is 11.6 Å². The van der Waals surface area contributed by atoms with Gasteiger partial charge in [-0.15, -0.1) is 0 Å². The summed E-state index contributed by atoms with van der Waals surface area (Å²) in [6.45, 7) is 5.90. The molecular formula is C24H31ClN4O2. The number of nitrogens with one attached hydrogen (secondary N) is 1. The lowest BCUT2D eigenvalue weighted by molar-refractivity contribution is 0.0253. The van der Waals surface area contributed by atoms with E-state index in [1.807, 2.05) is 31.2 Å². The van der Waals surface area contributed by atoms with Crippen LogP contribution in [0.5, 0.6) is 0 Å². The minimum absolute atomic E-state index is 0.194. The molecule has 2 fully saturated rings. The Morgan fingerprint density at radius 3 is 2.58 bits per heavy atom. The molecule has 0 unspecified atom stereocenters. The van der Waals surface area contributed by atoms with Gasteiger partial charge in [-0.3, -0.25) is 4.79 Å². The molecule has 2 saturated heterocycles. The number of nitrogens with zero attached hydrogens (tertiary/aromatic N) is 3. The lowest BCUT2D eigenvalue weighted by Crippen LogP contribution is -2.48. The number of pyridine rings is 1. The maximum absolute atomic E-state index is 13.1. The van der Waals surface area contributed by atoms with E-state index < -0.39 is 0 Å². The summed E-state index contributed by atoms with van der Waals surface area (Å²) >= 11 is 6.25. The van der Waals surface area contributed by atoms with Crippen LogP contribution in [-0.4, -0.2) is 61.2 Å². The van der Waals surface area contributed by atoms with Crippen LogP contribution in [0, 0.1) is 6.92 Å². The maximum atomic E-state index is 13.1. The van der Waals surface area contributed by atoms with Gasteiger partial charge in [-0.1, -0.05) is 17.7 Å². The summed E-state index contributed by atoms with van der Waals surface area (Å²) in [6.07, 6.45) is 6.17. The summed E-state index contributed by atoms with van der Waals surface area (Å²) in [7, 11) is 2.08. The number of anilines is 2. The third-order valence-electron chi connectivity index (χ3n) is 6.49. The number of halogens is 1. The second kappa shape index (κ2) is 9.98. The van der Waals surface area contributed by atoms with E-state index in [9.17, 15) is 4.79 Å². The van der Waals surface area contributed by atoms with Crippen molar-refractivity contribution >= 4 is 29.0 Å². The molecule has 1 aromatic carbocycles. The maximum Gasteiger partial charge on any atom is 0.258 e. The number of likely N-dealkylation sites (tertiary alicyclic amines) is 1. The number of aryl methyl sites for hydroxylation is 1. The molecule has 166 valence electrons. The fourth-order valence-electron chi connectivity index (χ4n) is 4.61. The monoisotopic (exact) mass is 442 g/mol. The molecule has 2 aliphatic heterocycles. The second-order valence-electron chi connectivity index (χ2n) is 8.56. The largest absolute Gasteiger partial charge is 0.381 e. The normalized spacial score (nSPS) is 18.7. The Kier molecular flexibility index (Phi) is 7.10. The molecular weight excluding hydrogens is 412 g/mol. The first-order valence-electron chi connectivity index (χ1n) is 11.1. The van der Waals surface area contributed by atoms with Crippen molar-refractivity contribution in [2.45, 2.75) is 44.7 Å². The van der Waals surface area contributed by atoms with Gasteiger partial charge in [0.05, 0.1) is 5.56 Å².